The van der Waals surface area contributed by atoms with E-state index in [0.717, 1.165) is 17.0 Å². The molecular weight excluding hydrogens is 176 g/mol. The first-order valence-corrected chi connectivity index (χ1v) is 4.31. The topological polar surface area (TPSA) is 56.2 Å². The zero-order valence-corrected chi connectivity index (χ0v) is 8.78. The Labute approximate surface area is 84.5 Å². The third-order valence-corrected chi connectivity index (χ3v) is 1.59. The molecule has 14 heavy (non-hydrogen) atoms. The van der Waals surface area contributed by atoms with Crippen LogP contribution in [0.25, 0.3) is 0 Å². The van der Waals surface area contributed by atoms with Gasteiger partial charge in [0.15, 0.2) is 0 Å². The zero-order valence-electron chi connectivity index (χ0n) is 8.78. The molecule has 0 fully saturated rings. The summed E-state index contributed by atoms with van der Waals surface area (Å²) in [5, 5.41) is 8.10. The molecule has 0 radical (unpaired) electrons. The molecule has 1 rings (SSSR count). The van der Waals surface area contributed by atoms with E-state index < -0.39 is 0 Å². The van der Waals surface area contributed by atoms with Crippen LogP contribution in [0.5, 0.6) is 0 Å². The molecule has 1 aromatic carbocycles. The predicted octanol–water partition coefficient (Wildman–Crippen LogP) is 2.07. The first-order valence-electron chi connectivity index (χ1n) is 4.31. The molecule has 0 atom stereocenters. The van der Waals surface area contributed by atoms with E-state index >= 15 is 0 Å². The number of hydrogen-bond donors (Lipinski definition) is 0. The quantitative estimate of drug-likeness (QED) is 0.509. The molecule has 0 heterocycles. The number of nitrogens with zero attached hydrogens (tertiary/aromatic N) is 2. The van der Waals surface area contributed by atoms with Crippen molar-refractivity contribution in [1.82, 2.24) is 0 Å². The highest BCUT2D eigenvalue weighted by molar-refractivity contribution is 5.98. The summed E-state index contributed by atoms with van der Waals surface area (Å²) in [7, 11) is 0. The van der Waals surface area contributed by atoms with E-state index in [4.69, 9.17) is 0 Å². The molecule has 1 aromatic rings. The molecule has 76 valence electrons. The number of benzene rings is 1. The van der Waals surface area contributed by atoms with Gasteiger partial charge in [0.05, 0.1) is 5.71 Å². The van der Waals surface area contributed by atoms with E-state index in [-0.39, 0.29) is 5.48 Å². The Bertz CT molecular complexity index is 324. The van der Waals surface area contributed by atoms with Crippen molar-refractivity contribution in [2.24, 2.45) is 10.2 Å². The minimum absolute atomic E-state index is 0. The lowest BCUT2D eigenvalue weighted by Crippen LogP contribution is -1.93. The molecule has 0 aromatic heterocycles. The first kappa shape index (κ1) is 12.5. The van der Waals surface area contributed by atoms with Gasteiger partial charge in [-0.1, -0.05) is 30.3 Å². The summed E-state index contributed by atoms with van der Waals surface area (Å²) in [6.45, 7) is 5.82. The predicted molar refractivity (Wildman–Crippen MR) is 61.0 cm³/mol. The van der Waals surface area contributed by atoms with Gasteiger partial charge in [-0.25, -0.2) is 0 Å². The highest BCUT2D eigenvalue weighted by Crippen LogP contribution is 2.00. The van der Waals surface area contributed by atoms with Gasteiger partial charge in [-0.2, -0.15) is 10.2 Å². The summed E-state index contributed by atoms with van der Waals surface area (Å²) in [4.78, 5) is 0. The summed E-state index contributed by atoms with van der Waals surface area (Å²) in [5.41, 5.74) is 3.03. The summed E-state index contributed by atoms with van der Waals surface area (Å²) in [6, 6.07) is 10.0. The Hall–Kier alpha value is -1.48. The average Bonchev–Trinajstić information content (AvgIpc) is 2.15. The van der Waals surface area contributed by atoms with Crippen LogP contribution in [-0.4, -0.2) is 16.9 Å². The van der Waals surface area contributed by atoms with Gasteiger partial charge < -0.3 is 5.48 Å². The molecular formula is C11H16N2O. The molecule has 0 bridgehead atoms. The van der Waals surface area contributed by atoms with E-state index in [1.165, 1.54) is 0 Å². The van der Waals surface area contributed by atoms with Crippen molar-refractivity contribution in [2.45, 2.75) is 20.8 Å². The summed E-state index contributed by atoms with van der Waals surface area (Å²) >= 11 is 0. The Kier molecular flexibility index (Phi) is 5.41. The van der Waals surface area contributed by atoms with Crippen LogP contribution in [0.2, 0.25) is 0 Å². The van der Waals surface area contributed by atoms with Crippen molar-refractivity contribution in [3.63, 3.8) is 0 Å². The van der Waals surface area contributed by atoms with E-state index in [2.05, 4.69) is 10.2 Å². The summed E-state index contributed by atoms with van der Waals surface area (Å²) in [6.07, 6.45) is 0. The Balaban J connectivity index is 0.00000169. The van der Waals surface area contributed by atoms with Crippen LogP contribution in [0.4, 0.5) is 0 Å². The molecule has 3 heteroatoms. The average molecular weight is 192 g/mol. The maximum absolute atomic E-state index is 4.10. The smallest absolute Gasteiger partial charge is 0.0671 e. The molecule has 0 unspecified atom stereocenters. The second-order valence-electron chi connectivity index (χ2n) is 3.10. The van der Waals surface area contributed by atoms with Gasteiger partial charge in [0.25, 0.3) is 0 Å². The van der Waals surface area contributed by atoms with E-state index in [0.29, 0.717) is 0 Å². The van der Waals surface area contributed by atoms with Crippen LogP contribution in [-0.2, 0) is 0 Å². The van der Waals surface area contributed by atoms with Crippen LogP contribution >= 0.6 is 0 Å². The SMILES string of the molecule is CC(C)=N/N=C(\C)c1ccccc1.O. The lowest BCUT2D eigenvalue weighted by molar-refractivity contribution is 0.824. The van der Waals surface area contributed by atoms with Gasteiger partial charge in [-0.05, 0) is 26.3 Å². The van der Waals surface area contributed by atoms with Gasteiger partial charge >= 0.3 is 0 Å². The van der Waals surface area contributed by atoms with Gasteiger partial charge in [0.2, 0.25) is 0 Å². The Morgan fingerprint density at radius 3 is 2.00 bits per heavy atom. The third kappa shape index (κ3) is 3.96. The molecule has 0 aliphatic carbocycles. The van der Waals surface area contributed by atoms with Crippen molar-refractivity contribution in [3.8, 4) is 0 Å². The first-order chi connectivity index (χ1) is 6.20. The Morgan fingerprint density at radius 1 is 0.929 bits per heavy atom. The van der Waals surface area contributed by atoms with Gasteiger partial charge in [0.1, 0.15) is 0 Å². The van der Waals surface area contributed by atoms with Crippen molar-refractivity contribution < 1.29 is 5.48 Å². The molecule has 0 aliphatic rings. The molecule has 0 saturated heterocycles. The van der Waals surface area contributed by atoms with Crippen LogP contribution in [0.1, 0.15) is 26.3 Å². The highest BCUT2D eigenvalue weighted by Gasteiger charge is 1.93. The second-order valence-corrected chi connectivity index (χ2v) is 3.10. The molecule has 0 aliphatic heterocycles. The van der Waals surface area contributed by atoms with Crippen molar-refractivity contribution in [3.05, 3.63) is 35.9 Å². The molecule has 0 saturated carbocycles. The zero-order chi connectivity index (χ0) is 9.68. The third-order valence-electron chi connectivity index (χ3n) is 1.59. The fourth-order valence-electron chi connectivity index (χ4n) is 0.912. The summed E-state index contributed by atoms with van der Waals surface area (Å²) < 4.78 is 0. The molecule has 0 amide bonds. The molecule has 3 nitrogen and oxygen atoms in total. The standard InChI is InChI=1S/C11H14N2.H2O/c1-9(2)12-13-10(3)11-7-5-4-6-8-11;/h4-8H,1-3H3;1H2/b13-10+;. The maximum Gasteiger partial charge on any atom is 0.0671 e. The largest absolute Gasteiger partial charge is 0.412 e. The van der Waals surface area contributed by atoms with Gasteiger partial charge in [-0.15, -0.1) is 0 Å². The van der Waals surface area contributed by atoms with E-state index in [1.54, 1.807) is 0 Å². The lowest BCUT2D eigenvalue weighted by Gasteiger charge is -1.96. The monoisotopic (exact) mass is 192 g/mol. The van der Waals surface area contributed by atoms with Crippen LogP contribution in [0.15, 0.2) is 40.5 Å². The van der Waals surface area contributed by atoms with Crippen LogP contribution in [0.3, 0.4) is 0 Å². The number of hydrogen-bond acceptors (Lipinski definition) is 2. The number of rotatable bonds is 2. The van der Waals surface area contributed by atoms with Crippen molar-refractivity contribution in [2.75, 3.05) is 0 Å². The second kappa shape index (κ2) is 6.05. The van der Waals surface area contributed by atoms with Crippen molar-refractivity contribution in [1.29, 1.82) is 0 Å². The van der Waals surface area contributed by atoms with Crippen LogP contribution < -0.4 is 0 Å². The molecule has 0 spiro atoms. The van der Waals surface area contributed by atoms with E-state index in [9.17, 15) is 0 Å². The molecule has 2 N–H and O–H groups in total. The van der Waals surface area contributed by atoms with Gasteiger partial charge in [-0.3, -0.25) is 0 Å². The maximum atomic E-state index is 4.10. The Morgan fingerprint density at radius 2 is 1.50 bits per heavy atom. The highest BCUT2D eigenvalue weighted by atomic mass is 16.0. The van der Waals surface area contributed by atoms with Gasteiger partial charge in [0, 0.05) is 5.71 Å². The normalized spacial score (nSPS) is 10.4. The fourth-order valence-corrected chi connectivity index (χ4v) is 0.912. The fraction of sp³-hybridized carbons (Fsp3) is 0.273. The van der Waals surface area contributed by atoms with Crippen LogP contribution in [0, 0.1) is 0 Å². The minimum Gasteiger partial charge on any atom is -0.412 e. The van der Waals surface area contributed by atoms with E-state index in [1.807, 2.05) is 51.1 Å². The lowest BCUT2D eigenvalue weighted by atomic mass is 10.1. The summed E-state index contributed by atoms with van der Waals surface area (Å²) in [5.74, 6) is 0. The minimum atomic E-state index is 0. The van der Waals surface area contributed by atoms with Crippen molar-refractivity contribution >= 4 is 11.4 Å².